The average Bonchev–Trinajstić information content (AvgIpc) is 3.19. The zero-order valence-electron chi connectivity index (χ0n) is 23.0. The third-order valence-corrected chi connectivity index (χ3v) is 9.09. The van der Waals surface area contributed by atoms with Gasteiger partial charge in [-0.1, -0.05) is 102 Å². The third kappa shape index (κ3) is 7.26. The number of thiocarbonyl (C=S) groups is 1. The van der Waals surface area contributed by atoms with Crippen LogP contribution in [0.5, 0.6) is 0 Å². The Kier molecular flexibility index (Phi) is 10.8. The van der Waals surface area contributed by atoms with Gasteiger partial charge in [-0.3, -0.25) is 18.9 Å². The van der Waals surface area contributed by atoms with Gasteiger partial charge in [-0.05, 0) is 43.4 Å². The molecule has 0 bridgehead atoms. The molecule has 0 radical (unpaired) electrons. The lowest BCUT2D eigenvalue weighted by Crippen LogP contribution is -2.36. The van der Waals surface area contributed by atoms with Crippen LogP contribution in [-0.4, -0.2) is 44.1 Å². The van der Waals surface area contributed by atoms with Crippen molar-refractivity contribution in [2.45, 2.75) is 90.9 Å². The number of rotatable bonds is 13. The normalized spacial score (nSPS) is 17.9. The van der Waals surface area contributed by atoms with E-state index in [1.165, 1.54) is 63.1 Å². The van der Waals surface area contributed by atoms with Crippen LogP contribution in [0.4, 0.5) is 5.82 Å². The number of aromatic nitrogens is 2. The minimum absolute atomic E-state index is 0.0910. The third-order valence-electron chi connectivity index (χ3n) is 7.72. The van der Waals surface area contributed by atoms with Gasteiger partial charge in [-0.2, -0.15) is 0 Å². The fraction of sp³-hybridized carbons (Fsp3) is 0.600. The molecule has 1 amide bonds. The summed E-state index contributed by atoms with van der Waals surface area (Å²) in [5.74, 6) is 1.25. The Bertz CT molecular complexity index is 1200. The van der Waals surface area contributed by atoms with Crippen molar-refractivity contribution in [2.24, 2.45) is 5.92 Å². The maximum atomic E-state index is 13.6. The summed E-state index contributed by atoms with van der Waals surface area (Å²) in [7, 11) is 0. The van der Waals surface area contributed by atoms with E-state index in [9.17, 15) is 9.59 Å². The Morgan fingerprint density at radius 1 is 1.00 bits per heavy atom. The summed E-state index contributed by atoms with van der Waals surface area (Å²) in [6.45, 7) is 6.88. The van der Waals surface area contributed by atoms with Crippen LogP contribution in [0.15, 0.2) is 34.1 Å². The molecule has 0 aromatic carbocycles. The predicted molar refractivity (Wildman–Crippen MR) is 164 cm³/mol. The molecule has 0 N–H and O–H groups in total. The predicted octanol–water partition coefficient (Wildman–Crippen LogP) is 7.05. The standard InChI is InChI=1S/C30H42N4O2S2/c1-3-4-5-6-7-8-9-10-11-13-19-34-29(36)25(38-30(34)37)22-24-27(32-20-16-23(2)17-21-32)31-26-15-12-14-18-33(26)28(24)35/h12,14-15,18,22-23H,3-11,13,16-17,19-21H2,1-2H3/b25-22+. The van der Waals surface area contributed by atoms with Gasteiger partial charge < -0.3 is 4.90 Å². The van der Waals surface area contributed by atoms with Crippen LogP contribution in [0.3, 0.4) is 0 Å². The van der Waals surface area contributed by atoms with Gasteiger partial charge in [0.2, 0.25) is 0 Å². The van der Waals surface area contributed by atoms with Gasteiger partial charge in [0, 0.05) is 25.8 Å². The second kappa shape index (κ2) is 14.3. The fourth-order valence-electron chi connectivity index (χ4n) is 5.26. The molecule has 6 nitrogen and oxygen atoms in total. The Morgan fingerprint density at radius 3 is 2.34 bits per heavy atom. The van der Waals surface area contributed by atoms with Crippen molar-refractivity contribution < 1.29 is 4.79 Å². The monoisotopic (exact) mass is 554 g/mol. The van der Waals surface area contributed by atoms with E-state index in [1.807, 2.05) is 18.2 Å². The SMILES string of the molecule is CCCCCCCCCCCCN1C(=O)/C(=C\c2c(N3CCC(C)CC3)nc3ccccn3c2=O)SC1=S. The number of carbonyl (C=O) groups excluding carboxylic acids is 1. The number of hydrogen-bond acceptors (Lipinski definition) is 6. The highest BCUT2D eigenvalue weighted by Crippen LogP contribution is 2.34. The minimum Gasteiger partial charge on any atom is -0.356 e. The van der Waals surface area contributed by atoms with E-state index in [2.05, 4.69) is 18.7 Å². The Balaban J connectivity index is 1.42. The molecule has 8 heteroatoms. The van der Waals surface area contributed by atoms with Gasteiger partial charge in [-0.25, -0.2) is 4.98 Å². The summed E-state index contributed by atoms with van der Waals surface area (Å²) in [4.78, 5) is 36.2. The summed E-state index contributed by atoms with van der Waals surface area (Å²) in [5.41, 5.74) is 0.948. The van der Waals surface area contributed by atoms with Gasteiger partial charge in [0.15, 0.2) is 0 Å². The topological polar surface area (TPSA) is 57.9 Å². The number of pyridine rings is 1. The van der Waals surface area contributed by atoms with E-state index in [4.69, 9.17) is 17.2 Å². The molecule has 0 saturated carbocycles. The van der Waals surface area contributed by atoms with Crippen molar-refractivity contribution in [2.75, 3.05) is 24.5 Å². The molecule has 4 rings (SSSR count). The van der Waals surface area contributed by atoms with E-state index in [1.54, 1.807) is 21.6 Å². The highest BCUT2D eigenvalue weighted by Gasteiger charge is 2.32. The molecule has 2 saturated heterocycles. The largest absolute Gasteiger partial charge is 0.356 e. The first-order chi connectivity index (χ1) is 18.5. The highest BCUT2D eigenvalue weighted by atomic mass is 32.2. The minimum atomic E-state index is -0.149. The van der Waals surface area contributed by atoms with Crippen molar-refractivity contribution in [1.29, 1.82) is 0 Å². The molecule has 2 fully saturated rings. The maximum absolute atomic E-state index is 13.6. The van der Waals surface area contributed by atoms with Crippen molar-refractivity contribution in [3.05, 3.63) is 45.2 Å². The first-order valence-electron chi connectivity index (χ1n) is 14.5. The second-order valence-corrected chi connectivity index (χ2v) is 12.4. The van der Waals surface area contributed by atoms with E-state index < -0.39 is 0 Å². The molecule has 38 heavy (non-hydrogen) atoms. The smallest absolute Gasteiger partial charge is 0.267 e. The Hall–Kier alpha value is -2.19. The second-order valence-electron chi connectivity index (χ2n) is 10.8. The van der Waals surface area contributed by atoms with Crippen molar-refractivity contribution in [3.63, 3.8) is 0 Å². The summed E-state index contributed by atoms with van der Waals surface area (Å²) < 4.78 is 2.14. The van der Waals surface area contributed by atoms with Gasteiger partial charge in [0.1, 0.15) is 15.8 Å². The first kappa shape index (κ1) is 28.8. The lowest BCUT2D eigenvalue weighted by molar-refractivity contribution is -0.122. The first-order valence-corrected chi connectivity index (χ1v) is 15.7. The average molecular weight is 555 g/mol. The lowest BCUT2D eigenvalue weighted by atomic mass is 9.99. The molecule has 0 spiro atoms. The van der Waals surface area contributed by atoms with E-state index >= 15 is 0 Å². The van der Waals surface area contributed by atoms with Gasteiger partial charge >= 0.3 is 0 Å². The van der Waals surface area contributed by atoms with E-state index in [0.717, 1.165) is 38.8 Å². The fourth-order valence-corrected chi connectivity index (χ4v) is 6.55. The van der Waals surface area contributed by atoms with Gasteiger partial charge in [0.05, 0.1) is 10.5 Å². The van der Waals surface area contributed by atoms with Crippen molar-refractivity contribution in [1.82, 2.24) is 14.3 Å². The van der Waals surface area contributed by atoms with Crippen LogP contribution in [0.2, 0.25) is 0 Å². The number of nitrogens with zero attached hydrogens (tertiary/aromatic N) is 4. The number of anilines is 1. The zero-order chi connectivity index (χ0) is 26.9. The summed E-state index contributed by atoms with van der Waals surface area (Å²) >= 11 is 6.88. The zero-order valence-corrected chi connectivity index (χ0v) is 24.6. The Morgan fingerprint density at radius 2 is 1.66 bits per heavy atom. The molecule has 2 aromatic rings. The van der Waals surface area contributed by atoms with Crippen LogP contribution in [0.25, 0.3) is 11.7 Å². The molecule has 0 unspecified atom stereocenters. The molecule has 206 valence electrons. The molecule has 2 aliphatic heterocycles. The summed E-state index contributed by atoms with van der Waals surface area (Å²) in [5, 5.41) is 0. The number of amides is 1. The number of carbonyl (C=O) groups is 1. The van der Waals surface area contributed by atoms with E-state index in [-0.39, 0.29) is 11.5 Å². The molecule has 2 aliphatic rings. The van der Waals surface area contributed by atoms with Crippen LogP contribution >= 0.6 is 24.0 Å². The summed E-state index contributed by atoms with van der Waals surface area (Å²) in [6, 6.07) is 5.57. The maximum Gasteiger partial charge on any atom is 0.267 e. The lowest BCUT2D eigenvalue weighted by Gasteiger charge is -2.32. The number of unbranched alkanes of at least 4 members (excludes halogenated alkanes) is 9. The van der Waals surface area contributed by atoms with Gasteiger partial charge in [-0.15, -0.1) is 0 Å². The van der Waals surface area contributed by atoms with Crippen molar-refractivity contribution >= 4 is 51.7 Å². The summed E-state index contributed by atoms with van der Waals surface area (Å²) in [6.07, 6.45) is 18.1. The number of thioether (sulfide) groups is 1. The Labute approximate surface area is 236 Å². The molecule has 2 aromatic heterocycles. The molecule has 0 aliphatic carbocycles. The highest BCUT2D eigenvalue weighted by molar-refractivity contribution is 8.26. The van der Waals surface area contributed by atoms with Crippen molar-refractivity contribution in [3.8, 4) is 0 Å². The van der Waals surface area contributed by atoms with Crippen LogP contribution in [0.1, 0.15) is 96.5 Å². The number of fused-ring (bicyclic) bond motifs is 1. The molecule has 4 heterocycles. The van der Waals surface area contributed by atoms with Gasteiger partial charge in [0.25, 0.3) is 11.5 Å². The van der Waals surface area contributed by atoms with Crippen LogP contribution < -0.4 is 10.5 Å². The molecule has 0 atom stereocenters. The van der Waals surface area contributed by atoms with Crippen LogP contribution in [0, 0.1) is 5.92 Å². The number of hydrogen-bond donors (Lipinski definition) is 0. The number of piperidine rings is 1. The molecular formula is C30H42N4O2S2. The van der Waals surface area contributed by atoms with E-state index in [0.29, 0.717) is 38.7 Å². The molecular weight excluding hydrogens is 512 g/mol. The quantitative estimate of drug-likeness (QED) is 0.150. The van der Waals surface area contributed by atoms with Crippen LogP contribution in [-0.2, 0) is 4.79 Å².